The average Bonchev–Trinajstić information content (AvgIpc) is 2.83. The predicted octanol–water partition coefficient (Wildman–Crippen LogP) is 4.97. The van der Waals surface area contributed by atoms with Gasteiger partial charge in [0.1, 0.15) is 5.75 Å². The van der Waals surface area contributed by atoms with E-state index in [0.29, 0.717) is 23.0 Å². The van der Waals surface area contributed by atoms with E-state index in [-0.39, 0.29) is 0 Å². The number of hydrogen-bond donors (Lipinski definition) is 1. The number of aromatic hydroxyl groups is 1. The zero-order valence-corrected chi connectivity index (χ0v) is 12.8. The highest BCUT2D eigenvalue weighted by Crippen LogP contribution is 2.61. The van der Waals surface area contributed by atoms with E-state index in [1.54, 1.807) is 5.57 Å². The Morgan fingerprint density at radius 2 is 2.14 bits per heavy atom. The van der Waals surface area contributed by atoms with Gasteiger partial charge in [0.2, 0.25) is 0 Å². The third kappa shape index (κ3) is 1.76. The molecule has 3 aliphatic rings. The molecule has 0 radical (unpaired) electrons. The third-order valence-corrected chi connectivity index (χ3v) is 6.53. The standard InChI is InChI=1S/C20H24O/c1-3-14-5-9-19-18-7-4-13-12-15(21)6-8-16(13)17(18)10-11-20(14,19)2/h3,6-8,12,14,17,19,21H,1,4-5,9-11H2,2H3/t14-,17+,19-,20+/m0/s1. The number of hydrogen-bond acceptors (Lipinski definition) is 1. The summed E-state index contributed by atoms with van der Waals surface area (Å²) in [6, 6.07) is 5.97. The lowest BCUT2D eigenvalue weighted by Crippen LogP contribution is -2.36. The highest BCUT2D eigenvalue weighted by atomic mass is 16.3. The Bertz CT molecular complexity index is 627. The van der Waals surface area contributed by atoms with Crippen LogP contribution in [0.5, 0.6) is 5.75 Å². The number of fused-ring (bicyclic) bond motifs is 5. The van der Waals surface area contributed by atoms with E-state index in [2.05, 4.69) is 31.7 Å². The van der Waals surface area contributed by atoms with Crippen LogP contribution < -0.4 is 0 Å². The molecule has 3 aliphatic carbocycles. The lowest BCUT2D eigenvalue weighted by Gasteiger charge is -2.46. The number of phenolic OH excluding ortho intramolecular Hbond substituents is 1. The van der Waals surface area contributed by atoms with Crippen molar-refractivity contribution in [3.63, 3.8) is 0 Å². The van der Waals surface area contributed by atoms with Gasteiger partial charge in [0.25, 0.3) is 0 Å². The van der Waals surface area contributed by atoms with Gasteiger partial charge < -0.3 is 5.11 Å². The Morgan fingerprint density at radius 3 is 2.95 bits per heavy atom. The van der Waals surface area contributed by atoms with Crippen molar-refractivity contribution >= 4 is 0 Å². The first-order valence-electron chi connectivity index (χ1n) is 8.28. The van der Waals surface area contributed by atoms with Crippen LogP contribution in [0.2, 0.25) is 0 Å². The highest BCUT2D eigenvalue weighted by molar-refractivity contribution is 5.47. The SMILES string of the molecule is C=C[C@H]1CC[C@H]2C3=CCc4cc(O)ccc4[C@H]3CC[C@]12C. The number of rotatable bonds is 1. The molecule has 0 aliphatic heterocycles. The summed E-state index contributed by atoms with van der Waals surface area (Å²) >= 11 is 0. The molecule has 1 aromatic rings. The van der Waals surface area contributed by atoms with Gasteiger partial charge in [-0.2, -0.15) is 0 Å². The summed E-state index contributed by atoms with van der Waals surface area (Å²) in [7, 11) is 0. The number of allylic oxidation sites excluding steroid dienone is 3. The van der Waals surface area contributed by atoms with Crippen molar-refractivity contribution in [2.45, 2.75) is 44.9 Å². The van der Waals surface area contributed by atoms with Crippen molar-refractivity contribution in [2.24, 2.45) is 17.3 Å². The van der Waals surface area contributed by atoms with Gasteiger partial charge in [-0.25, -0.2) is 0 Å². The monoisotopic (exact) mass is 280 g/mol. The Labute approximate surface area is 127 Å². The molecule has 0 heterocycles. The minimum atomic E-state index is 0.402. The van der Waals surface area contributed by atoms with E-state index in [9.17, 15) is 5.11 Å². The van der Waals surface area contributed by atoms with E-state index in [0.717, 1.165) is 12.3 Å². The maximum absolute atomic E-state index is 9.71. The van der Waals surface area contributed by atoms with Gasteiger partial charge in [0.05, 0.1) is 0 Å². The summed E-state index contributed by atoms with van der Waals surface area (Å²) in [5.74, 6) is 2.42. The first kappa shape index (κ1) is 13.2. The van der Waals surface area contributed by atoms with Crippen LogP contribution in [0.4, 0.5) is 0 Å². The number of phenols is 1. The average molecular weight is 280 g/mol. The van der Waals surface area contributed by atoms with Gasteiger partial charge in [0.15, 0.2) is 0 Å². The van der Waals surface area contributed by atoms with Gasteiger partial charge in [-0.1, -0.05) is 30.7 Å². The summed E-state index contributed by atoms with van der Waals surface area (Å²) in [5.41, 5.74) is 4.91. The molecular weight excluding hydrogens is 256 g/mol. The van der Waals surface area contributed by atoms with Crippen molar-refractivity contribution in [1.29, 1.82) is 0 Å². The molecule has 1 aromatic carbocycles. The minimum Gasteiger partial charge on any atom is -0.508 e. The third-order valence-electron chi connectivity index (χ3n) is 6.53. The molecule has 2 fully saturated rings. The molecule has 1 heteroatoms. The maximum atomic E-state index is 9.71. The smallest absolute Gasteiger partial charge is 0.115 e. The molecule has 4 rings (SSSR count). The van der Waals surface area contributed by atoms with Crippen LogP contribution in [0.15, 0.2) is 42.5 Å². The van der Waals surface area contributed by atoms with Crippen LogP contribution in [0.3, 0.4) is 0 Å². The highest BCUT2D eigenvalue weighted by Gasteiger charge is 2.51. The summed E-state index contributed by atoms with van der Waals surface area (Å²) in [6.45, 7) is 6.57. The van der Waals surface area contributed by atoms with Crippen LogP contribution in [0.25, 0.3) is 0 Å². The van der Waals surface area contributed by atoms with Gasteiger partial charge in [-0.15, -0.1) is 6.58 Å². The molecule has 0 unspecified atom stereocenters. The van der Waals surface area contributed by atoms with Gasteiger partial charge in [-0.3, -0.25) is 0 Å². The van der Waals surface area contributed by atoms with E-state index in [1.165, 1.54) is 36.8 Å². The molecule has 110 valence electrons. The minimum absolute atomic E-state index is 0.402. The normalized spacial score (nSPS) is 37.2. The summed E-state index contributed by atoms with van der Waals surface area (Å²) in [6.07, 6.45) is 10.8. The Hall–Kier alpha value is -1.50. The molecule has 0 bridgehead atoms. The van der Waals surface area contributed by atoms with Crippen molar-refractivity contribution in [1.82, 2.24) is 0 Å². The second-order valence-corrected chi connectivity index (χ2v) is 7.36. The molecule has 1 nitrogen and oxygen atoms in total. The maximum Gasteiger partial charge on any atom is 0.115 e. The van der Waals surface area contributed by atoms with Crippen LogP contribution in [0.1, 0.15) is 49.7 Å². The predicted molar refractivity (Wildman–Crippen MR) is 86.4 cm³/mol. The van der Waals surface area contributed by atoms with Crippen LogP contribution >= 0.6 is 0 Å². The molecule has 0 saturated heterocycles. The second kappa shape index (κ2) is 4.50. The molecule has 1 N–H and O–H groups in total. The molecule has 0 spiro atoms. The Balaban J connectivity index is 1.74. The zero-order chi connectivity index (χ0) is 14.6. The molecular formula is C20H24O. The van der Waals surface area contributed by atoms with E-state index >= 15 is 0 Å². The second-order valence-electron chi connectivity index (χ2n) is 7.36. The molecule has 2 saturated carbocycles. The fourth-order valence-electron chi connectivity index (χ4n) is 5.38. The largest absolute Gasteiger partial charge is 0.508 e. The van der Waals surface area contributed by atoms with Gasteiger partial charge >= 0.3 is 0 Å². The summed E-state index contributed by atoms with van der Waals surface area (Å²) in [4.78, 5) is 0. The van der Waals surface area contributed by atoms with Crippen molar-refractivity contribution in [2.75, 3.05) is 0 Å². The summed E-state index contributed by atoms with van der Waals surface area (Å²) in [5, 5.41) is 9.71. The zero-order valence-electron chi connectivity index (χ0n) is 12.8. The van der Waals surface area contributed by atoms with E-state index in [1.807, 2.05) is 12.1 Å². The first-order valence-corrected chi connectivity index (χ1v) is 8.28. The molecule has 0 aromatic heterocycles. The van der Waals surface area contributed by atoms with Crippen molar-refractivity contribution in [3.8, 4) is 5.75 Å². The summed E-state index contributed by atoms with van der Waals surface area (Å²) < 4.78 is 0. The quantitative estimate of drug-likeness (QED) is 0.720. The molecule has 21 heavy (non-hydrogen) atoms. The Kier molecular flexibility index (Phi) is 2.82. The lowest BCUT2D eigenvalue weighted by molar-refractivity contribution is 0.151. The Morgan fingerprint density at radius 1 is 1.29 bits per heavy atom. The lowest BCUT2D eigenvalue weighted by atomic mass is 9.58. The fourth-order valence-corrected chi connectivity index (χ4v) is 5.38. The van der Waals surface area contributed by atoms with Crippen molar-refractivity contribution in [3.05, 3.63) is 53.6 Å². The van der Waals surface area contributed by atoms with Crippen LogP contribution in [-0.4, -0.2) is 5.11 Å². The molecule has 0 amide bonds. The van der Waals surface area contributed by atoms with Gasteiger partial charge in [-0.05, 0) is 72.6 Å². The number of benzene rings is 1. The van der Waals surface area contributed by atoms with Crippen LogP contribution in [-0.2, 0) is 6.42 Å². The van der Waals surface area contributed by atoms with E-state index < -0.39 is 0 Å². The first-order chi connectivity index (χ1) is 10.1. The van der Waals surface area contributed by atoms with Gasteiger partial charge in [0, 0.05) is 5.92 Å². The molecule has 4 atom stereocenters. The van der Waals surface area contributed by atoms with Crippen molar-refractivity contribution < 1.29 is 5.11 Å². The van der Waals surface area contributed by atoms with Crippen LogP contribution in [0, 0.1) is 17.3 Å². The fraction of sp³-hybridized carbons (Fsp3) is 0.500. The topological polar surface area (TPSA) is 20.2 Å². The van der Waals surface area contributed by atoms with E-state index in [4.69, 9.17) is 0 Å².